The Balaban J connectivity index is 2.16. The lowest BCUT2D eigenvalue weighted by Crippen LogP contribution is -2.45. The van der Waals surface area contributed by atoms with Crippen LogP contribution in [0.4, 0.5) is 5.69 Å². The molecule has 0 unspecified atom stereocenters. The largest absolute Gasteiger partial charge is 0.312 e. The van der Waals surface area contributed by atoms with Crippen molar-refractivity contribution in [2.75, 3.05) is 11.4 Å². The van der Waals surface area contributed by atoms with Crippen LogP contribution < -0.4 is 9.62 Å². The fourth-order valence-electron chi connectivity index (χ4n) is 3.51. The summed E-state index contributed by atoms with van der Waals surface area (Å²) in [5.41, 5.74) is 0.234. The first-order chi connectivity index (χ1) is 10.9. The molecular weight excluding hydrogens is 324 g/mol. The molecule has 1 aromatic rings. The van der Waals surface area contributed by atoms with Gasteiger partial charge in [-0.2, -0.15) is 0 Å². The molecule has 6 heteroatoms. The average molecular weight is 353 g/mol. The number of rotatable bonds is 5. The van der Waals surface area contributed by atoms with Crippen LogP contribution >= 0.6 is 0 Å². The number of nitrogens with zero attached hydrogens (tertiary/aromatic N) is 1. The molecule has 24 heavy (non-hydrogen) atoms. The maximum atomic E-state index is 12.6. The van der Waals surface area contributed by atoms with Crippen LogP contribution in [0.2, 0.25) is 0 Å². The van der Waals surface area contributed by atoms with Gasteiger partial charge in [-0.25, -0.2) is 13.1 Å². The van der Waals surface area contributed by atoms with Gasteiger partial charge in [0.2, 0.25) is 15.9 Å². The predicted molar refractivity (Wildman–Crippen MR) is 96.5 cm³/mol. The molecule has 0 bridgehead atoms. The number of carbonyl (C=O) groups is 1. The van der Waals surface area contributed by atoms with Gasteiger partial charge >= 0.3 is 0 Å². The zero-order chi connectivity index (χ0) is 18.2. The normalized spacial score (nSPS) is 16.7. The molecule has 0 atom stereocenters. The topological polar surface area (TPSA) is 66.5 Å². The molecule has 1 aliphatic heterocycles. The van der Waals surface area contributed by atoms with Crippen molar-refractivity contribution in [1.82, 2.24) is 4.72 Å². The molecule has 0 aliphatic carbocycles. The van der Waals surface area contributed by atoms with Crippen LogP contribution in [0.3, 0.4) is 0 Å². The molecule has 1 aliphatic rings. The third-order valence-corrected chi connectivity index (χ3v) is 5.63. The second-order valence-corrected chi connectivity index (χ2v) is 10.1. The fourth-order valence-corrected chi connectivity index (χ4v) is 4.92. The highest BCUT2D eigenvalue weighted by Crippen LogP contribution is 2.29. The van der Waals surface area contributed by atoms with E-state index in [1.807, 2.05) is 13.8 Å². The molecular formula is C18H28N2O3S. The molecule has 0 spiro atoms. The molecule has 0 saturated carbocycles. The highest BCUT2D eigenvalue weighted by atomic mass is 32.2. The van der Waals surface area contributed by atoms with Crippen molar-refractivity contribution in [3.8, 4) is 0 Å². The maximum absolute atomic E-state index is 12.6. The van der Waals surface area contributed by atoms with Gasteiger partial charge < -0.3 is 4.90 Å². The van der Waals surface area contributed by atoms with Gasteiger partial charge in [0.05, 0.1) is 4.90 Å². The molecule has 0 radical (unpaired) electrons. The van der Waals surface area contributed by atoms with Crippen molar-refractivity contribution in [3.63, 3.8) is 0 Å². The number of sulfonamides is 1. The van der Waals surface area contributed by atoms with Gasteiger partial charge in [0.15, 0.2) is 0 Å². The van der Waals surface area contributed by atoms with Gasteiger partial charge in [0, 0.05) is 24.2 Å². The summed E-state index contributed by atoms with van der Waals surface area (Å²) >= 11 is 0. The van der Waals surface area contributed by atoms with Crippen LogP contribution in [-0.2, 0) is 14.8 Å². The Labute approximate surface area is 145 Å². The number of hydrogen-bond donors (Lipinski definition) is 1. The summed E-state index contributed by atoms with van der Waals surface area (Å²) in [5, 5.41) is 0. The molecule has 1 aromatic carbocycles. The molecule has 1 amide bonds. The van der Waals surface area contributed by atoms with Gasteiger partial charge in [0.1, 0.15) is 0 Å². The van der Waals surface area contributed by atoms with E-state index in [9.17, 15) is 13.2 Å². The molecule has 1 saturated heterocycles. The number of nitrogens with one attached hydrogen (secondary N) is 1. The first kappa shape index (κ1) is 18.9. The van der Waals surface area contributed by atoms with Crippen LogP contribution in [0.15, 0.2) is 29.2 Å². The summed E-state index contributed by atoms with van der Waals surface area (Å²) in [6, 6.07) is 6.54. The Kier molecular flexibility index (Phi) is 5.11. The minimum absolute atomic E-state index is 0.0198. The fraction of sp³-hybridized carbons (Fsp3) is 0.611. The predicted octanol–water partition coefficient (Wildman–Crippen LogP) is 3.31. The molecule has 1 fully saturated rings. The minimum Gasteiger partial charge on any atom is -0.312 e. The van der Waals surface area contributed by atoms with E-state index in [0.717, 1.165) is 18.5 Å². The van der Waals surface area contributed by atoms with Crippen LogP contribution in [0.5, 0.6) is 0 Å². The van der Waals surface area contributed by atoms with Crippen molar-refractivity contribution in [2.45, 2.75) is 64.3 Å². The zero-order valence-electron chi connectivity index (χ0n) is 15.2. The Morgan fingerprint density at radius 1 is 1.08 bits per heavy atom. The second-order valence-electron chi connectivity index (χ2n) is 8.37. The smallest absolute Gasteiger partial charge is 0.241 e. The van der Waals surface area contributed by atoms with Crippen molar-refractivity contribution < 1.29 is 13.2 Å². The van der Waals surface area contributed by atoms with Gasteiger partial charge in [0.25, 0.3) is 0 Å². The van der Waals surface area contributed by atoms with E-state index >= 15 is 0 Å². The van der Waals surface area contributed by atoms with Gasteiger partial charge in [-0.15, -0.1) is 0 Å². The molecule has 5 nitrogen and oxygen atoms in total. The van der Waals surface area contributed by atoms with Gasteiger partial charge in [-0.1, -0.05) is 20.8 Å². The van der Waals surface area contributed by atoms with E-state index in [0.29, 0.717) is 13.0 Å². The van der Waals surface area contributed by atoms with Crippen LogP contribution in [-0.4, -0.2) is 26.4 Å². The van der Waals surface area contributed by atoms with Gasteiger partial charge in [-0.3, -0.25) is 4.79 Å². The van der Waals surface area contributed by atoms with E-state index in [4.69, 9.17) is 0 Å². The summed E-state index contributed by atoms with van der Waals surface area (Å²) in [4.78, 5) is 13.7. The highest BCUT2D eigenvalue weighted by molar-refractivity contribution is 7.89. The van der Waals surface area contributed by atoms with E-state index in [1.165, 1.54) is 0 Å². The lowest BCUT2D eigenvalue weighted by molar-refractivity contribution is -0.117. The number of anilines is 1. The summed E-state index contributed by atoms with van der Waals surface area (Å²) in [5.74, 6) is 0.0926. The maximum Gasteiger partial charge on any atom is 0.241 e. The van der Waals surface area contributed by atoms with Crippen molar-refractivity contribution in [3.05, 3.63) is 24.3 Å². The zero-order valence-corrected chi connectivity index (χ0v) is 16.0. The number of hydrogen-bond acceptors (Lipinski definition) is 3. The molecule has 134 valence electrons. The third-order valence-electron chi connectivity index (χ3n) is 3.92. The second kappa shape index (κ2) is 6.48. The summed E-state index contributed by atoms with van der Waals surface area (Å²) in [7, 11) is -3.60. The lowest BCUT2D eigenvalue weighted by Gasteiger charge is -2.33. The molecule has 1 heterocycles. The van der Waals surface area contributed by atoms with Crippen LogP contribution in [0.1, 0.15) is 53.9 Å². The quantitative estimate of drug-likeness (QED) is 0.884. The van der Waals surface area contributed by atoms with E-state index < -0.39 is 15.6 Å². The van der Waals surface area contributed by atoms with E-state index in [-0.39, 0.29) is 16.2 Å². The monoisotopic (exact) mass is 352 g/mol. The minimum atomic E-state index is -3.60. The Bertz CT molecular complexity index is 701. The molecule has 1 N–H and O–H groups in total. The van der Waals surface area contributed by atoms with E-state index in [1.54, 1.807) is 29.2 Å². The van der Waals surface area contributed by atoms with Crippen LogP contribution in [0, 0.1) is 5.41 Å². The van der Waals surface area contributed by atoms with E-state index in [2.05, 4.69) is 25.5 Å². The SMILES string of the molecule is CC(C)(C)CC(C)(C)NS(=O)(=O)c1ccc(N2CCCC2=O)cc1. The standard InChI is InChI=1S/C18H28N2O3S/c1-17(2,3)13-18(4,5)19-24(22,23)15-10-8-14(9-11-15)20-12-6-7-16(20)21/h8-11,19H,6-7,12-13H2,1-5H3. The Hall–Kier alpha value is -1.40. The first-order valence-corrected chi connectivity index (χ1v) is 9.82. The molecule has 0 aromatic heterocycles. The first-order valence-electron chi connectivity index (χ1n) is 8.34. The number of amides is 1. The summed E-state index contributed by atoms with van der Waals surface area (Å²) < 4.78 is 28.1. The Morgan fingerprint density at radius 3 is 2.12 bits per heavy atom. The summed E-state index contributed by atoms with van der Waals surface area (Å²) in [6.07, 6.45) is 2.13. The highest BCUT2D eigenvalue weighted by Gasteiger charge is 2.30. The Morgan fingerprint density at radius 2 is 1.67 bits per heavy atom. The average Bonchev–Trinajstić information content (AvgIpc) is 2.81. The van der Waals surface area contributed by atoms with Crippen LogP contribution in [0.25, 0.3) is 0 Å². The number of carbonyl (C=O) groups excluding carboxylic acids is 1. The van der Waals surface area contributed by atoms with Crippen molar-refractivity contribution in [1.29, 1.82) is 0 Å². The third kappa shape index (κ3) is 4.80. The lowest BCUT2D eigenvalue weighted by atomic mass is 9.82. The van der Waals surface area contributed by atoms with Crippen molar-refractivity contribution >= 4 is 21.6 Å². The molecule has 2 rings (SSSR count). The number of benzene rings is 1. The van der Waals surface area contributed by atoms with Crippen molar-refractivity contribution in [2.24, 2.45) is 5.41 Å². The van der Waals surface area contributed by atoms with Gasteiger partial charge in [-0.05, 0) is 56.4 Å². The summed E-state index contributed by atoms with van der Waals surface area (Å²) in [6.45, 7) is 10.8.